The summed E-state index contributed by atoms with van der Waals surface area (Å²) in [5.41, 5.74) is 5.49. The van der Waals surface area contributed by atoms with Gasteiger partial charge in [-0.15, -0.1) is 0 Å². The highest BCUT2D eigenvalue weighted by molar-refractivity contribution is 7.90. The van der Waals surface area contributed by atoms with Gasteiger partial charge in [-0.05, 0) is 65.4 Å². The van der Waals surface area contributed by atoms with E-state index >= 15 is 0 Å². The maximum absolute atomic E-state index is 11.6. The van der Waals surface area contributed by atoms with E-state index in [4.69, 9.17) is 11.6 Å². The molecule has 118 valence electrons. The van der Waals surface area contributed by atoms with Crippen LogP contribution >= 0.6 is 11.6 Å². The van der Waals surface area contributed by atoms with E-state index in [1.807, 2.05) is 31.2 Å². The molecule has 0 aliphatic heterocycles. The third-order valence-electron chi connectivity index (χ3n) is 4.00. The summed E-state index contributed by atoms with van der Waals surface area (Å²) in [6.45, 7) is 1.99. The number of sulfone groups is 1. The lowest BCUT2D eigenvalue weighted by molar-refractivity contribution is 0.602. The molecule has 1 aliphatic carbocycles. The van der Waals surface area contributed by atoms with E-state index in [2.05, 4.69) is 18.2 Å². The summed E-state index contributed by atoms with van der Waals surface area (Å²) in [5.74, 6) is 0. The van der Waals surface area contributed by atoms with Crippen molar-refractivity contribution in [3.05, 3.63) is 76.3 Å². The highest BCUT2D eigenvalue weighted by Crippen LogP contribution is 2.37. The molecule has 0 aromatic heterocycles. The minimum absolute atomic E-state index is 0.340. The van der Waals surface area contributed by atoms with Gasteiger partial charge in [0.2, 0.25) is 0 Å². The fourth-order valence-corrected chi connectivity index (χ4v) is 3.50. The summed E-state index contributed by atoms with van der Waals surface area (Å²) in [6.07, 6.45) is 6.44. The van der Waals surface area contributed by atoms with Crippen molar-refractivity contribution in [2.75, 3.05) is 6.26 Å². The lowest BCUT2D eigenvalue weighted by Crippen LogP contribution is -1.97. The smallest absolute Gasteiger partial charge is 0.175 e. The molecule has 0 radical (unpaired) electrons. The molecular weight excluding hydrogens is 328 g/mol. The van der Waals surface area contributed by atoms with Crippen molar-refractivity contribution in [2.24, 2.45) is 0 Å². The number of allylic oxidation sites excluding steroid dienone is 4. The first-order valence-corrected chi connectivity index (χ1v) is 9.61. The van der Waals surface area contributed by atoms with E-state index in [1.54, 1.807) is 12.1 Å². The SMILES string of the molecule is Cc1cc(C2=CCC=C2c2ccc(S(C)(=O)=O)cc2)ccc1Cl. The Kier molecular flexibility index (Phi) is 4.17. The second-order valence-electron chi connectivity index (χ2n) is 5.73. The molecule has 0 saturated heterocycles. The van der Waals surface area contributed by atoms with Gasteiger partial charge in [-0.2, -0.15) is 0 Å². The van der Waals surface area contributed by atoms with Crippen molar-refractivity contribution in [3.63, 3.8) is 0 Å². The van der Waals surface area contributed by atoms with Gasteiger partial charge in [-0.1, -0.05) is 42.0 Å². The zero-order valence-corrected chi connectivity index (χ0v) is 14.6. The first-order chi connectivity index (χ1) is 10.9. The fraction of sp³-hybridized carbons (Fsp3) is 0.158. The lowest BCUT2D eigenvalue weighted by atomic mass is 9.94. The van der Waals surface area contributed by atoms with E-state index in [1.165, 1.54) is 6.26 Å². The highest BCUT2D eigenvalue weighted by Gasteiger charge is 2.16. The quantitative estimate of drug-likeness (QED) is 0.791. The zero-order chi connectivity index (χ0) is 16.6. The molecule has 23 heavy (non-hydrogen) atoms. The van der Waals surface area contributed by atoms with Crippen LogP contribution in [0, 0.1) is 6.92 Å². The van der Waals surface area contributed by atoms with Gasteiger partial charge in [0.15, 0.2) is 9.84 Å². The van der Waals surface area contributed by atoms with Gasteiger partial charge >= 0.3 is 0 Å². The molecule has 2 aromatic rings. The summed E-state index contributed by atoms with van der Waals surface area (Å²) < 4.78 is 23.2. The average molecular weight is 345 g/mol. The molecule has 0 N–H and O–H groups in total. The molecule has 3 rings (SSSR count). The van der Waals surface area contributed by atoms with Gasteiger partial charge in [0.25, 0.3) is 0 Å². The van der Waals surface area contributed by atoms with E-state index in [9.17, 15) is 8.42 Å². The molecule has 0 bridgehead atoms. The largest absolute Gasteiger partial charge is 0.224 e. The Hall–Kier alpha value is -1.84. The second kappa shape index (κ2) is 5.99. The summed E-state index contributed by atoms with van der Waals surface area (Å²) in [4.78, 5) is 0.340. The number of hydrogen-bond donors (Lipinski definition) is 0. The Morgan fingerprint density at radius 3 is 2.04 bits per heavy atom. The Balaban J connectivity index is 1.97. The van der Waals surface area contributed by atoms with Crippen molar-refractivity contribution in [1.29, 1.82) is 0 Å². The molecule has 0 amide bonds. The van der Waals surface area contributed by atoms with Gasteiger partial charge in [0.1, 0.15) is 0 Å². The Bertz CT molecular complexity index is 920. The normalized spacial score (nSPS) is 14.6. The Labute approximate surface area is 142 Å². The Morgan fingerprint density at radius 1 is 0.913 bits per heavy atom. The van der Waals surface area contributed by atoms with Crippen LogP contribution in [0.2, 0.25) is 5.02 Å². The highest BCUT2D eigenvalue weighted by atomic mass is 35.5. The van der Waals surface area contributed by atoms with Crippen molar-refractivity contribution in [1.82, 2.24) is 0 Å². The number of aryl methyl sites for hydroxylation is 1. The van der Waals surface area contributed by atoms with Crippen molar-refractivity contribution in [2.45, 2.75) is 18.2 Å². The molecule has 0 atom stereocenters. The van der Waals surface area contributed by atoms with Crippen molar-refractivity contribution < 1.29 is 8.42 Å². The van der Waals surface area contributed by atoms with Crippen LogP contribution in [0.15, 0.2) is 59.5 Å². The van der Waals surface area contributed by atoms with Crippen LogP contribution in [0.1, 0.15) is 23.1 Å². The van der Waals surface area contributed by atoms with E-state index in [0.717, 1.165) is 39.3 Å². The molecule has 2 nitrogen and oxygen atoms in total. The molecular formula is C19H17ClO2S. The van der Waals surface area contributed by atoms with Crippen LogP contribution in [0.5, 0.6) is 0 Å². The third kappa shape index (κ3) is 3.26. The predicted octanol–water partition coefficient (Wildman–Crippen LogP) is 4.92. The summed E-state index contributed by atoms with van der Waals surface area (Å²) in [6, 6.07) is 13.1. The summed E-state index contributed by atoms with van der Waals surface area (Å²) in [7, 11) is -3.17. The summed E-state index contributed by atoms with van der Waals surface area (Å²) in [5, 5.41) is 0.760. The molecule has 0 saturated carbocycles. The Morgan fingerprint density at radius 2 is 1.48 bits per heavy atom. The molecule has 0 spiro atoms. The van der Waals surface area contributed by atoms with E-state index < -0.39 is 9.84 Å². The standard InChI is InChI=1S/C19H17ClO2S/c1-13-12-15(8-11-19(13)20)18-5-3-4-17(18)14-6-9-16(10-7-14)23(2,21)22/h4-12H,3H2,1-2H3. The first kappa shape index (κ1) is 16.0. The van der Waals surface area contributed by atoms with Crippen LogP contribution in [0.3, 0.4) is 0 Å². The number of rotatable bonds is 3. The molecule has 0 heterocycles. The van der Waals surface area contributed by atoms with Crippen LogP contribution in [-0.2, 0) is 9.84 Å². The van der Waals surface area contributed by atoms with Crippen LogP contribution < -0.4 is 0 Å². The predicted molar refractivity (Wildman–Crippen MR) is 96.3 cm³/mol. The minimum atomic E-state index is -3.17. The topological polar surface area (TPSA) is 34.1 Å². The third-order valence-corrected chi connectivity index (χ3v) is 5.55. The van der Waals surface area contributed by atoms with Gasteiger partial charge in [0, 0.05) is 11.3 Å². The fourth-order valence-electron chi connectivity index (χ4n) is 2.76. The molecule has 0 fully saturated rings. The molecule has 1 aliphatic rings. The van der Waals surface area contributed by atoms with Gasteiger partial charge in [-0.3, -0.25) is 0 Å². The summed E-state index contributed by atoms with van der Waals surface area (Å²) >= 11 is 6.11. The molecule has 4 heteroatoms. The maximum atomic E-state index is 11.6. The van der Waals surface area contributed by atoms with Crippen molar-refractivity contribution in [3.8, 4) is 0 Å². The van der Waals surface area contributed by atoms with Gasteiger partial charge in [0.05, 0.1) is 4.90 Å². The monoisotopic (exact) mass is 344 g/mol. The van der Waals surface area contributed by atoms with Crippen LogP contribution in [0.25, 0.3) is 11.1 Å². The van der Waals surface area contributed by atoms with E-state index in [0.29, 0.717) is 4.90 Å². The maximum Gasteiger partial charge on any atom is 0.175 e. The minimum Gasteiger partial charge on any atom is -0.224 e. The van der Waals surface area contributed by atoms with Crippen LogP contribution in [0.4, 0.5) is 0 Å². The van der Waals surface area contributed by atoms with Gasteiger partial charge < -0.3 is 0 Å². The second-order valence-corrected chi connectivity index (χ2v) is 8.15. The molecule has 0 unspecified atom stereocenters. The van der Waals surface area contributed by atoms with Crippen LogP contribution in [-0.4, -0.2) is 14.7 Å². The number of hydrogen-bond acceptors (Lipinski definition) is 2. The van der Waals surface area contributed by atoms with E-state index in [-0.39, 0.29) is 0 Å². The first-order valence-electron chi connectivity index (χ1n) is 7.34. The number of halogens is 1. The zero-order valence-electron chi connectivity index (χ0n) is 13.0. The van der Waals surface area contributed by atoms with Gasteiger partial charge in [-0.25, -0.2) is 8.42 Å². The lowest BCUT2D eigenvalue weighted by Gasteiger charge is -2.11. The average Bonchev–Trinajstić information content (AvgIpc) is 2.99. The number of benzene rings is 2. The van der Waals surface area contributed by atoms with Crippen molar-refractivity contribution >= 4 is 32.6 Å². The molecule has 2 aromatic carbocycles.